The molecule has 0 aromatic heterocycles. The first-order chi connectivity index (χ1) is 11.7. The van der Waals surface area contributed by atoms with Gasteiger partial charge in [-0.15, -0.1) is 0 Å². The molecule has 0 aliphatic carbocycles. The van der Waals surface area contributed by atoms with Crippen LogP contribution < -0.4 is 0 Å². The standard InChI is InChI=1S/C18H36N4O2/c1-19-5-3-2-4-17(19)14-20-6-8-21(9-7-20)15-18(23)16-22-10-12-24-13-11-22/h17-18,23H,2-16H2,1H3/t17-,18-/m0/s1. The highest BCUT2D eigenvalue weighted by Gasteiger charge is 2.25. The fraction of sp³-hybridized carbons (Fsp3) is 1.00. The monoisotopic (exact) mass is 340 g/mol. The number of aliphatic hydroxyl groups excluding tert-OH is 1. The van der Waals surface area contributed by atoms with E-state index in [0.717, 1.165) is 71.6 Å². The first-order valence-electron chi connectivity index (χ1n) is 9.84. The topological polar surface area (TPSA) is 42.4 Å². The van der Waals surface area contributed by atoms with Crippen molar-refractivity contribution >= 4 is 0 Å². The van der Waals surface area contributed by atoms with Crippen LogP contribution in [0, 0.1) is 0 Å². The van der Waals surface area contributed by atoms with Crippen LogP contribution in [0.5, 0.6) is 0 Å². The Labute approximate surface area is 147 Å². The molecule has 24 heavy (non-hydrogen) atoms. The van der Waals surface area contributed by atoms with Crippen molar-refractivity contribution in [1.29, 1.82) is 0 Å². The molecule has 140 valence electrons. The highest BCUT2D eigenvalue weighted by Crippen LogP contribution is 2.17. The Morgan fingerprint density at radius 3 is 2.17 bits per heavy atom. The Morgan fingerprint density at radius 2 is 1.50 bits per heavy atom. The third-order valence-electron chi connectivity index (χ3n) is 5.90. The van der Waals surface area contributed by atoms with Gasteiger partial charge in [-0.2, -0.15) is 0 Å². The lowest BCUT2D eigenvalue weighted by molar-refractivity contribution is 0.00109. The Bertz CT molecular complexity index is 357. The normalized spacial score (nSPS) is 30.5. The van der Waals surface area contributed by atoms with E-state index in [4.69, 9.17) is 4.74 Å². The zero-order chi connectivity index (χ0) is 16.8. The molecule has 3 fully saturated rings. The summed E-state index contributed by atoms with van der Waals surface area (Å²) < 4.78 is 5.37. The minimum atomic E-state index is -0.237. The molecule has 0 unspecified atom stereocenters. The quantitative estimate of drug-likeness (QED) is 0.721. The number of rotatable bonds is 6. The lowest BCUT2D eigenvalue weighted by Gasteiger charge is -2.40. The van der Waals surface area contributed by atoms with Crippen LogP contribution in [-0.4, -0.2) is 123 Å². The smallest absolute Gasteiger partial charge is 0.0793 e. The molecule has 6 nitrogen and oxygen atoms in total. The van der Waals surface area contributed by atoms with Crippen molar-refractivity contribution in [2.75, 3.05) is 85.7 Å². The molecular weight excluding hydrogens is 304 g/mol. The van der Waals surface area contributed by atoms with Crippen molar-refractivity contribution in [3.8, 4) is 0 Å². The maximum atomic E-state index is 10.4. The number of piperazine rings is 1. The van der Waals surface area contributed by atoms with Crippen LogP contribution in [0.3, 0.4) is 0 Å². The molecule has 6 heteroatoms. The molecule has 0 radical (unpaired) electrons. The first-order valence-corrected chi connectivity index (χ1v) is 9.84. The molecule has 3 aliphatic heterocycles. The van der Waals surface area contributed by atoms with Crippen LogP contribution >= 0.6 is 0 Å². The highest BCUT2D eigenvalue weighted by atomic mass is 16.5. The maximum Gasteiger partial charge on any atom is 0.0793 e. The number of β-amino-alcohol motifs (C(OH)–C–C–N with tert-alkyl or cyclic N) is 1. The van der Waals surface area contributed by atoms with E-state index in [0.29, 0.717) is 0 Å². The number of likely N-dealkylation sites (N-methyl/N-ethyl adjacent to an activating group) is 1. The molecule has 0 aromatic carbocycles. The zero-order valence-electron chi connectivity index (χ0n) is 15.4. The number of likely N-dealkylation sites (tertiary alicyclic amines) is 1. The number of nitrogens with zero attached hydrogens (tertiary/aromatic N) is 4. The van der Waals surface area contributed by atoms with Gasteiger partial charge in [0.2, 0.25) is 0 Å². The maximum absolute atomic E-state index is 10.4. The van der Waals surface area contributed by atoms with Crippen molar-refractivity contribution in [3.63, 3.8) is 0 Å². The summed E-state index contributed by atoms with van der Waals surface area (Å²) in [5, 5.41) is 10.4. The van der Waals surface area contributed by atoms with Crippen molar-refractivity contribution in [1.82, 2.24) is 19.6 Å². The molecule has 0 amide bonds. The van der Waals surface area contributed by atoms with Gasteiger partial charge in [0.05, 0.1) is 19.3 Å². The minimum absolute atomic E-state index is 0.237. The summed E-state index contributed by atoms with van der Waals surface area (Å²) >= 11 is 0. The van der Waals surface area contributed by atoms with Crippen LogP contribution in [0.25, 0.3) is 0 Å². The third kappa shape index (κ3) is 5.64. The average Bonchev–Trinajstić information content (AvgIpc) is 2.59. The van der Waals surface area contributed by atoms with Crippen LogP contribution in [0.15, 0.2) is 0 Å². The van der Waals surface area contributed by atoms with E-state index in [1.807, 2.05) is 0 Å². The molecule has 3 rings (SSSR count). The molecule has 1 N–H and O–H groups in total. The lowest BCUT2D eigenvalue weighted by Crippen LogP contribution is -2.53. The van der Waals surface area contributed by atoms with Crippen LogP contribution in [0.1, 0.15) is 19.3 Å². The van der Waals surface area contributed by atoms with Gasteiger partial charge in [0.1, 0.15) is 0 Å². The summed E-state index contributed by atoms with van der Waals surface area (Å²) in [5.41, 5.74) is 0. The molecule has 0 saturated carbocycles. The largest absolute Gasteiger partial charge is 0.390 e. The van der Waals surface area contributed by atoms with E-state index in [9.17, 15) is 5.11 Å². The SMILES string of the molecule is CN1CCCC[C@H]1CN1CCN(C[C@H](O)CN2CCOCC2)CC1. The molecule has 2 atom stereocenters. The molecule has 0 bridgehead atoms. The van der Waals surface area contributed by atoms with E-state index >= 15 is 0 Å². The lowest BCUT2D eigenvalue weighted by atomic mass is 10.0. The van der Waals surface area contributed by atoms with Crippen molar-refractivity contribution in [3.05, 3.63) is 0 Å². The minimum Gasteiger partial charge on any atom is -0.390 e. The molecule has 0 spiro atoms. The zero-order valence-corrected chi connectivity index (χ0v) is 15.4. The Kier molecular flexibility index (Phi) is 7.31. The van der Waals surface area contributed by atoms with Gasteiger partial charge in [0, 0.05) is 64.9 Å². The fourth-order valence-electron chi connectivity index (χ4n) is 4.26. The van der Waals surface area contributed by atoms with Gasteiger partial charge in [0.25, 0.3) is 0 Å². The molecular formula is C18H36N4O2. The fourth-order valence-corrected chi connectivity index (χ4v) is 4.26. The Balaban J connectivity index is 1.32. The molecule has 0 aromatic rings. The highest BCUT2D eigenvalue weighted by molar-refractivity contribution is 4.82. The first kappa shape index (κ1) is 18.5. The number of morpholine rings is 1. The number of ether oxygens (including phenoxy) is 1. The van der Waals surface area contributed by atoms with Crippen LogP contribution in [-0.2, 0) is 4.74 Å². The van der Waals surface area contributed by atoms with E-state index in [-0.39, 0.29) is 6.10 Å². The van der Waals surface area contributed by atoms with E-state index in [2.05, 4.69) is 26.6 Å². The summed E-state index contributed by atoms with van der Waals surface area (Å²) in [7, 11) is 2.28. The van der Waals surface area contributed by atoms with Gasteiger partial charge in [-0.3, -0.25) is 14.7 Å². The second-order valence-corrected chi connectivity index (χ2v) is 7.80. The van der Waals surface area contributed by atoms with E-state index < -0.39 is 0 Å². The summed E-state index contributed by atoms with van der Waals surface area (Å²) in [6.07, 6.45) is 3.87. The van der Waals surface area contributed by atoms with Gasteiger partial charge in [0.15, 0.2) is 0 Å². The second kappa shape index (κ2) is 9.46. The Morgan fingerprint density at radius 1 is 0.875 bits per heavy atom. The van der Waals surface area contributed by atoms with Gasteiger partial charge < -0.3 is 14.7 Å². The van der Waals surface area contributed by atoms with Crippen LogP contribution in [0.2, 0.25) is 0 Å². The third-order valence-corrected chi connectivity index (χ3v) is 5.90. The second-order valence-electron chi connectivity index (χ2n) is 7.80. The number of piperidine rings is 1. The van der Waals surface area contributed by atoms with Crippen molar-refractivity contribution in [2.24, 2.45) is 0 Å². The predicted molar refractivity (Wildman–Crippen MR) is 96.4 cm³/mol. The number of aliphatic hydroxyl groups is 1. The summed E-state index contributed by atoms with van der Waals surface area (Å²) in [5.74, 6) is 0. The van der Waals surface area contributed by atoms with E-state index in [1.165, 1.54) is 32.4 Å². The van der Waals surface area contributed by atoms with Crippen LogP contribution in [0.4, 0.5) is 0 Å². The van der Waals surface area contributed by atoms with Gasteiger partial charge in [-0.05, 0) is 26.4 Å². The van der Waals surface area contributed by atoms with Crippen molar-refractivity contribution < 1.29 is 9.84 Å². The molecule has 3 heterocycles. The van der Waals surface area contributed by atoms with Crippen molar-refractivity contribution in [2.45, 2.75) is 31.4 Å². The van der Waals surface area contributed by atoms with Gasteiger partial charge in [-0.25, -0.2) is 0 Å². The van der Waals surface area contributed by atoms with E-state index in [1.54, 1.807) is 0 Å². The average molecular weight is 341 g/mol. The van der Waals surface area contributed by atoms with Gasteiger partial charge in [-0.1, -0.05) is 6.42 Å². The Hall–Kier alpha value is -0.240. The van der Waals surface area contributed by atoms with Gasteiger partial charge >= 0.3 is 0 Å². The molecule has 3 aliphatic rings. The summed E-state index contributed by atoms with van der Waals surface area (Å²) in [6, 6.07) is 0.747. The molecule has 3 saturated heterocycles. The number of hydrogen-bond donors (Lipinski definition) is 1. The summed E-state index contributed by atoms with van der Waals surface area (Å²) in [4.78, 5) is 9.93. The predicted octanol–water partition coefficient (Wildman–Crippen LogP) is -0.219. The number of hydrogen-bond acceptors (Lipinski definition) is 6. The summed E-state index contributed by atoms with van der Waals surface area (Å²) in [6.45, 7) is 12.1.